The summed E-state index contributed by atoms with van der Waals surface area (Å²) in [5.74, 6) is -3.04. The van der Waals surface area contributed by atoms with E-state index in [4.69, 9.17) is 0 Å². The third-order valence-electron chi connectivity index (χ3n) is 4.09. The number of thioether (sulfide) groups is 2. The molecule has 3 rings (SSSR count). The second-order valence-electron chi connectivity index (χ2n) is 6.04. The van der Waals surface area contributed by atoms with E-state index >= 15 is 0 Å². The Morgan fingerprint density at radius 2 is 1.96 bits per heavy atom. The normalized spacial score (nSPS) is 20.4. The number of piperidine rings is 1. The molecule has 0 radical (unpaired) electrons. The summed E-state index contributed by atoms with van der Waals surface area (Å²) >= 11 is 1.80. The number of benzene rings is 1. The fraction of sp³-hybridized carbons (Fsp3) is 0.471. The molecule has 1 atom stereocenters. The number of carbonyl (C=O) groups excluding carboxylic acids is 2. The maximum absolute atomic E-state index is 12.3. The molecule has 2 heterocycles. The molecule has 1 fully saturated rings. The van der Waals surface area contributed by atoms with Gasteiger partial charge in [-0.2, -0.15) is 13.8 Å². The molecule has 0 aromatic heterocycles. The molecule has 1 N–H and O–H groups in total. The van der Waals surface area contributed by atoms with E-state index in [-0.39, 0.29) is 18.2 Å². The van der Waals surface area contributed by atoms with Gasteiger partial charge >= 0.3 is 0 Å². The summed E-state index contributed by atoms with van der Waals surface area (Å²) in [4.78, 5) is 30.9. The summed E-state index contributed by atoms with van der Waals surface area (Å²) in [6, 6.07) is 6.20. The van der Waals surface area contributed by atoms with E-state index in [0.717, 1.165) is 31.1 Å². The highest BCUT2D eigenvalue weighted by Gasteiger charge is 2.33. The Balaban J connectivity index is 1.50. The molecule has 2 aliphatic rings. The second-order valence-corrected chi connectivity index (χ2v) is 8.28. The van der Waals surface area contributed by atoms with Crippen LogP contribution in [0.25, 0.3) is 0 Å². The van der Waals surface area contributed by atoms with Gasteiger partial charge in [0.25, 0.3) is 11.7 Å². The van der Waals surface area contributed by atoms with Crippen LogP contribution in [-0.2, 0) is 9.59 Å². The molecule has 0 aliphatic carbocycles. The predicted molar refractivity (Wildman–Crippen MR) is 101 cm³/mol. The highest BCUT2D eigenvalue weighted by atomic mass is 32.2. The van der Waals surface area contributed by atoms with E-state index in [1.165, 1.54) is 30.3 Å². The molecule has 1 saturated heterocycles. The second kappa shape index (κ2) is 8.85. The van der Waals surface area contributed by atoms with Gasteiger partial charge in [0.1, 0.15) is 5.25 Å². The molecule has 0 spiro atoms. The summed E-state index contributed by atoms with van der Waals surface area (Å²) in [6.45, 7) is 1.81. The Labute approximate surface area is 159 Å². The molecule has 9 heteroatoms. The van der Waals surface area contributed by atoms with Crippen LogP contribution in [0.4, 0.5) is 14.5 Å². The zero-order valence-corrected chi connectivity index (χ0v) is 15.6. The Kier molecular flexibility index (Phi) is 6.53. The zero-order chi connectivity index (χ0) is 18.5. The average molecular weight is 399 g/mol. The summed E-state index contributed by atoms with van der Waals surface area (Å²) in [7, 11) is 0. The molecule has 1 aromatic carbocycles. The van der Waals surface area contributed by atoms with Crippen LogP contribution in [0.15, 0.2) is 34.2 Å². The van der Waals surface area contributed by atoms with E-state index < -0.39 is 11.0 Å². The number of halogens is 2. The number of amides is 2. The highest BCUT2D eigenvalue weighted by Crippen LogP contribution is 2.29. The van der Waals surface area contributed by atoms with Crippen molar-refractivity contribution >= 4 is 46.2 Å². The Morgan fingerprint density at radius 1 is 1.27 bits per heavy atom. The molecule has 140 valence electrons. The lowest BCUT2D eigenvalue weighted by Gasteiger charge is -2.27. The molecule has 26 heavy (non-hydrogen) atoms. The maximum Gasteiger partial charge on any atom is 0.288 e. The predicted octanol–water partition coefficient (Wildman–Crippen LogP) is 3.81. The van der Waals surface area contributed by atoms with Gasteiger partial charge in [-0.05, 0) is 43.5 Å². The third kappa shape index (κ3) is 5.20. The van der Waals surface area contributed by atoms with Crippen molar-refractivity contribution in [3.8, 4) is 0 Å². The van der Waals surface area contributed by atoms with E-state index in [1.807, 2.05) is 0 Å². The van der Waals surface area contributed by atoms with Crippen molar-refractivity contribution in [1.82, 2.24) is 4.90 Å². The van der Waals surface area contributed by atoms with E-state index in [9.17, 15) is 18.4 Å². The molecule has 0 saturated carbocycles. The lowest BCUT2D eigenvalue weighted by Crippen LogP contribution is -2.33. The number of nitrogens with zero attached hydrogens (tertiary/aromatic N) is 2. The number of alkyl halides is 2. The number of nitrogens with one attached hydrogen (secondary N) is 1. The number of aliphatic imine (C=N–C) groups is 1. The number of anilines is 1. The fourth-order valence-corrected chi connectivity index (χ4v) is 4.45. The summed E-state index contributed by atoms with van der Waals surface area (Å²) < 4.78 is 24.6. The zero-order valence-electron chi connectivity index (χ0n) is 14.0. The quantitative estimate of drug-likeness (QED) is 0.763. The number of rotatable bonds is 5. The van der Waals surface area contributed by atoms with Crippen molar-refractivity contribution in [2.45, 2.75) is 41.6 Å². The van der Waals surface area contributed by atoms with Gasteiger partial charge in [0, 0.05) is 30.1 Å². The molecule has 0 unspecified atom stereocenters. The van der Waals surface area contributed by atoms with Gasteiger partial charge in [-0.3, -0.25) is 9.59 Å². The van der Waals surface area contributed by atoms with Crippen molar-refractivity contribution in [3.05, 3.63) is 24.3 Å². The minimum atomic E-state index is -2.48. The van der Waals surface area contributed by atoms with Gasteiger partial charge in [-0.25, -0.2) is 0 Å². The van der Waals surface area contributed by atoms with Crippen molar-refractivity contribution in [3.63, 3.8) is 0 Å². The van der Waals surface area contributed by atoms with Gasteiger partial charge in [0.2, 0.25) is 5.91 Å². The molecular formula is C17H19F2N3O2S2. The van der Waals surface area contributed by atoms with Crippen LogP contribution in [0.1, 0.15) is 25.7 Å². The monoisotopic (exact) mass is 399 g/mol. The highest BCUT2D eigenvalue weighted by molar-refractivity contribution is 8.15. The average Bonchev–Trinajstić information content (AvgIpc) is 2.97. The molecular weight excluding hydrogens is 380 g/mol. The maximum atomic E-state index is 12.3. The van der Waals surface area contributed by atoms with Crippen LogP contribution in [0, 0.1) is 0 Å². The summed E-state index contributed by atoms with van der Waals surface area (Å²) in [6.07, 6.45) is 3.43. The lowest BCUT2D eigenvalue weighted by molar-refractivity contribution is -0.121. The van der Waals surface area contributed by atoms with Gasteiger partial charge in [0.15, 0.2) is 5.17 Å². The molecule has 1 aromatic rings. The van der Waals surface area contributed by atoms with Crippen LogP contribution in [-0.4, -0.2) is 46.0 Å². The summed E-state index contributed by atoms with van der Waals surface area (Å²) in [5, 5.41) is 2.92. The van der Waals surface area contributed by atoms with Crippen molar-refractivity contribution in [1.29, 1.82) is 0 Å². The van der Waals surface area contributed by atoms with Crippen LogP contribution < -0.4 is 5.32 Å². The van der Waals surface area contributed by atoms with E-state index in [0.29, 0.717) is 22.3 Å². The number of carbonyl (C=O) groups is 2. The number of likely N-dealkylation sites (tertiary alicyclic amines) is 1. The van der Waals surface area contributed by atoms with Crippen LogP contribution in [0.2, 0.25) is 0 Å². The Hall–Kier alpha value is -1.61. The first-order valence-corrected chi connectivity index (χ1v) is 10.2. The molecule has 2 aliphatic heterocycles. The smallest absolute Gasteiger partial charge is 0.288 e. The number of hydrogen-bond donors (Lipinski definition) is 1. The van der Waals surface area contributed by atoms with Gasteiger partial charge in [0.05, 0.1) is 0 Å². The van der Waals surface area contributed by atoms with Crippen molar-refractivity contribution < 1.29 is 18.4 Å². The van der Waals surface area contributed by atoms with Gasteiger partial charge < -0.3 is 10.2 Å². The number of hydrogen-bond acceptors (Lipinski definition) is 5. The van der Waals surface area contributed by atoms with Gasteiger partial charge in [-0.1, -0.05) is 23.5 Å². The first kappa shape index (κ1) is 19.2. The van der Waals surface area contributed by atoms with Crippen LogP contribution >= 0.6 is 23.5 Å². The Morgan fingerprint density at radius 3 is 2.62 bits per heavy atom. The fourth-order valence-electron chi connectivity index (χ4n) is 2.83. The minimum absolute atomic E-state index is 0.0396. The van der Waals surface area contributed by atoms with Crippen molar-refractivity contribution in [2.24, 2.45) is 4.99 Å². The molecule has 0 bridgehead atoms. The third-order valence-corrected chi connectivity index (χ3v) is 6.03. The standard InChI is InChI=1S/C17H19F2N3O2S2/c18-16(19)25-12-6-4-11(5-7-12)20-14(23)10-13-15(24)21-17(26-13)22-8-2-1-3-9-22/h4-7,13,16H,1-3,8-10H2,(H,20,23)/t13-/m0/s1. The van der Waals surface area contributed by atoms with Crippen LogP contribution in [0.5, 0.6) is 0 Å². The van der Waals surface area contributed by atoms with Crippen molar-refractivity contribution in [2.75, 3.05) is 18.4 Å². The summed E-state index contributed by atoms with van der Waals surface area (Å²) in [5.41, 5.74) is 0.515. The molecule has 2 amide bonds. The largest absolute Gasteiger partial charge is 0.351 e. The number of amidine groups is 1. The SMILES string of the molecule is O=C(C[C@@H]1SC(N2CCCCC2)=NC1=O)Nc1ccc(SC(F)F)cc1. The van der Waals surface area contributed by atoms with E-state index in [1.54, 1.807) is 12.1 Å². The minimum Gasteiger partial charge on any atom is -0.351 e. The lowest BCUT2D eigenvalue weighted by atomic mass is 10.1. The van der Waals surface area contributed by atoms with Crippen LogP contribution in [0.3, 0.4) is 0 Å². The topological polar surface area (TPSA) is 61.8 Å². The first-order chi connectivity index (χ1) is 12.5. The molecule has 5 nitrogen and oxygen atoms in total. The van der Waals surface area contributed by atoms with E-state index in [2.05, 4.69) is 15.2 Å². The Bertz CT molecular complexity index is 692. The first-order valence-electron chi connectivity index (χ1n) is 8.40. The van der Waals surface area contributed by atoms with Gasteiger partial charge in [-0.15, -0.1) is 0 Å².